The average Bonchev–Trinajstić information content (AvgIpc) is 3.21. The van der Waals surface area contributed by atoms with E-state index >= 15 is 0 Å². The van der Waals surface area contributed by atoms with Crippen LogP contribution >= 0.6 is 0 Å². The van der Waals surface area contributed by atoms with Gasteiger partial charge in [0.15, 0.2) is 0 Å². The van der Waals surface area contributed by atoms with Crippen LogP contribution < -0.4 is 16.0 Å². The van der Waals surface area contributed by atoms with Crippen molar-refractivity contribution in [2.45, 2.75) is 38.9 Å². The van der Waals surface area contributed by atoms with Crippen molar-refractivity contribution in [3.05, 3.63) is 47.5 Å². The van der Waals surface area contributed by atoms with Crippen LogP contribution in [0.15, 0.2) is 30.5 Å². The number of aromatic nitrogens is 4. The summed E-state index contributed by atoms with van der Waals surface area (Å²) in [6.07, 6.45) is 3.53. The number of carbonyl (C=O) groups is 1. The highest BCUT2D eigenvalue weighted by molar-refractivity contribution is 5.92. The van der Waals surface area contributed by atoms with E-state index < -0.39 is 0 Å². The molecule has 2 aromatic heterocycles. The van der Waals surface area contributed by atoms with Crippen LogP contribution in [0.1, 0.15) is 41.6 Å². The number of fused-ring (bicyclic) bond motifs is 1. The average molecular weight is 404 g/mol. The Kier molecular flexibility index (Phi) is 5.59. The molecule has 1 unspecified atom stereocenters. The molecule has 1 saturated heterocycles. The number of pyridine rings is 1. The topological polar surface area (TPSA) is 126 Å². The molecular weight excluding hydrogens is 380 g/mol. The molecule has 0 aliphatic carbocycles. The molecular formula is C21H24N8O. The van der Waals surface area contributed by atoms with E-state index in [4.69, 9.17) is 5.73 Å². The third kappa shape index (κ3) is 3.69. The molecule has 9 nitrogen and oxygen atoms in total. The number of piperidine rings is 1. The zero-order valence-corrected chi connectivity index (χ0v) is 16.9. The van der Waals surface area contributed by atoms with Crippen molar-refractivity contribution in [2.24, 2.45) is 5.73 Å². The first kappa shape index (κ1) is 19.8. The molecule has 1 atom stereocenters. The first-order chi connectivity index (χ1) is 14.6. The standard InChI is InChI=1S/C21H24N8O/c1-2-29-19(26-27-21(29)28-9-5-6-15(23)13-28)20(30)25-12-18-17-8-4-3-7-16(17)14(10-22)11-24-18/h3-4,7-8,11,15H,2,5-6,9,12-13,23H2,1H3,(H,25,30). The van der Waals surface area contributed by atoms with Gasteiger partial charge in [-0.05, 0) is 19.8 Å². The summed E-state index contributed by atoms with van der Waals surface area (Å²) in [5.74, 6) is 0.636. The SMILES string of the molecule is CCn1c(C(=O)NCc2ncc(C#N)c3ccccc23)nnc1N1CCCC(N)C1. The molecule has 3 aromatic rings. The first-order valence-electron chi connectivity index (χ1n) is 10.1. The lowest BCUT2D eigenvalue weighted by Crippen LogP contribution is -2.44. The monoisotopic (exact) mass is 404 g/mol. The van der Waals surface area contributed by atoms with Crippen molar-refractivity contribution in [1.29, 1.82) is 5.26 Å². The zero-order valence-electron chi connectivity index (χ0n) is 16.9. The number of anilines is 1. The highest BCUT2D eigenvalue weighted by Crippen LogP contribution is 2.21. The number of rotatable bonds is 5. The summed E-state index contributed by atoms with van der Waals surface area (Å²) < 4.78 is 1.82. The molecule has 154 valence electrons. The molecule has 0 radical (unpaired) electrons. The summed E-state index contributed by atoms with van der Waals surface area (Å²) >= 11 is 0. The summed E-state index contributed by atoms with van der Waals surface area (Å²) in [6, 6.07) is 9.81. The molecule has 1 aliphatic heterocycles. The third-order valence-electron chi connectivity index (χ3n) is 5.41. The van der Waals surface area contributed by atoms with Gasteiger partial charge in [0.2, 0.25) is 11.8 Å². The maximum Gasteiger partial charge on any atom is 0.289 e. The van der Waals surface area contributed by atoms with Crippen LogP contribution in [0.5, 0.6) is 0 Å². The zero-order chi connectivity index (χ0) is 21.1. The van der Waals surface area contributed by atoms with Gasteiger partial charge in [0.25, 0.3) is 5.91 Å². The Hall–Kier alpha value is -3.51. The highest BCUT2D eigenvalue weighted by atomic mass is 16.2. The Morgan fingerprint density at radius 1 is 1.33 bits per heavy atom. The molecule has 0 bridgehead atoms. The first-order valence-corrected chi connectivity index (χ1v) is 10.1. The molecule has 9 heteroatoms. The van der Waals surface area contributed by atoms with E-state index in [2.05, 4.69) is 31.5 Å². The normalized spacial score (nSPS) is 16.4. The van der Waals surface area contributed by atoms with E-state index in [0.29, 0.717) is 30.3 Å². The van der Waals surface area contributed by atoms with Gasteiger partial charge in [0.05, 0.1) is 17.8 Å². The minimum atomic E-state index is -0.313. The maximum atomic E-state index is 12.9. The van der Waals surface area contributed by atoms with Gasteiger partial charge in [-0.25, -0.2) is 0 Å². The molecule has 3 N–H and O–H groups in total. The Bertz CT molecular complexity index is 1120. The molecule has 0 spiro atoms. The van der Waals surface area contributed by atoms with Crippen LogP contribution in [0.25, 0.3) is 10.8 Å². The van der Waals surface area contributed by atoms with Crippen LogP contribution in [0.3, 0.4) is 0 Å². The Labute approximate surface area is 174 Å². The Balaban J connectivity index is 1.54. The largest absolute Gasteiger partial charge is 0.344 e. The number of nitriles is 1. The minimum absolute atomic E-state index is 0.105. The van der Waals surface area contributed by atoms with Crippen LogP contribution in [-0.2, 0) is 13.1 Å². The second kappa shape index (κ2) is 8.47. The molecule has 1 aliphatic rings. The van der Waals surface area contributed by atoms with Crippen molar-refractivity contribution in [2.75, 3.05) is 18.0 Å². The van der Waals surface area contributed by atoms with Gasteiger partial charge >= 0.3 is 0 Å². The van der Waals surface area contributed by atoms with E-state index in [-0.39, 0.29) is 24.3 Å². The van der Waals surface area contributed by atoms with Gasteiger partial charge in [-0.15, -0.1) is 10.2 Å². The summed E-state index contributed by atoms with van der Waals surface area (Å²) in [5, 5.41) is 22.3. The van der Waals surface area contributed by atoms with Gasteiger partial charge in [-0.2, -0.15) is 5.26 Å². The molecule has 1 fully saturated rings. The fourth-order valence-corrected chi connectivity index (χ4v) is 3.90. The number of carbonyl (C=O) groups excluding carboxylic acids is 1. The van der Waals surface area contributed by atoms with Crippen molar-refractivity contribution in [3.63, 3.8) is 0 Å². The summed E-state index contributed by atoms with van der Waals surface area (Å²) in [7, 11) is 0. The lowest BCUT2D eigenvalue weighted by Gasteiger charge is -2.31. The molecule has 0 saturated carbocycles. The lowest BCUT2D eigenvalue weighted by molar-refractivity contribution is 0.0935. The van der Waals surface area contributed by atoms with E-state index in [1.165, 1.54) is 6.20 Å². The second-order valence-corrected chi connectivity index (χ2v) is 7.37. The van der Waals surface area contributed by atoms with Gasteiger partial charge in [-0.1, -0.05) is 24.3 Å². The number of amides is 1. The van der Waals surface area contributed by atoms with Crippen molar-refractivity contribution in [1.82, 2.24) is 25.1 Å². The quantitative estimate of drug-likeness (QED) is 0.661. The molecule has 4 rings (SSSR count). The maximum absolute atomic E-state index is 12.9. The summed E-state index contributed by atoms with van der Waals surface area (Å²) in [5.41, 5.74) is 7.30. The molecule has 30 heavy (non-hydrogen) atoms. The van der Waals surface area contributed by atoms with Crippen LogP contribution in [0.2, 0.25) is 0 Å². The van der Waals surface area contributed by atoms with E-state index in [9.17, 15) is 10.1 Å². The smallest absolute Gasteiger partial charge is 0.289 e. The third-order valence-corrected chi connectivity index (χ3v) is 5.41. The van der Waals surface area contributed by atoms with Crippen molar-refractivity contribution in [3.8, 4) is 6.07 Å². The highest BCUT2D eigenvalue weighted by Gasteiger charge is 2.25. The van der Waals surface area contributed by atoms with Crippen molar-refractivity contribution >= 4 is 22.6 Å². The summed E-state index contributed by atoms with van der Waals surface area (Å²) in [4.78, 5) is 19.3. The van der Waals surface area contributed by atoms with Gasteiger partial charge in [0.1, 0.15) is 6.07 Å². The van der Waals surface area contributed by atoms with Crippen LogP contribution in [0, 0.1) is 11.3 Å². The van der Waals surface area contributed by atoms with E-state index in [0.717, 1.165) is 30.2 Å². The fraction of sp³-hybridized carbons (Fsp3) is 0.381. The minimum Gasteiger partial charge on any atom is -0.344 e. The molecule has 1 aromatic carbocycles. The number of nitrogens with zero attached hydrogens (tertiary/aromatic N) is 6. The number of hydrogen-bond donors (Lipinski definition) is 2. The van der Waals surface area contributed by atoms with E-state index in [1.807, 2.05) is 35.8 Å². The molecule has 3 heterocycles. The number of benzene rings is 1. The van der Waals surface area contributed by atoms with Crippen molar-refractivity contribution < 1.29 is 4.79 Å². The number of hydrogen-bond acceptors (Lipinski definition) is 7. The summed E-state index contributed by atoms with van der Waals surface area (Å²) in [6.45, 7) is 4.33. The van der Waals surface area contributed by atoms with Gasteiger partial charge < -0.3 is 16.0 Å². The van der Waals surface area contributed by atoms with Crippen LogP contribution in [-0.4, -0.2) is 44.8 Å². The second-order valence-electron chi connectivity index (χ2n) is 7.37. The van der Waals surface area contributed by atoms with Crippen LogP contribution in [0.4, 0.5) is 5.95 Å². The Morgan fingerprint density at radius 3 is 2.87 bits per heavy atom. The van der Waals surface area contributed by atoms with E-state index in [1.54, 1.807) is 0 Å². The number of nitrogens with one attached hydrogen (secondary N) is 1. The van der Waals surface area contributed by atoms with Gasteiger partial charge in [-0.3, -0.25) is 14.3 Å². The predicted molar refractivity (Wildman–Crippen MR) is 113 cm³/mol. The predicted octanol–water partition coefficient (Wildman–Crippen LogP) is 1.58. The van der Waals surface area contributed by atoms with Gasteiger partial charge in [0, 0.05) is 42.6 Å². The Morgan fingerprint density at radius 2 is 2.13 bits per heavy atom. The molecule has 1 amide bonds. The number of nitrogens with two attached hydrogens (primary N) is 1. The fourth-order valence-electron chi connectivity index (χ4n) is 3.90. The lowest BCUT2D eigenvalue weighted by atomic mass is 10.1.